The van der Waals surface area contributed by atoms with Gasteiger partial charge in [0.1, 0.15) is 67.1 Å². The maximum absolute atomic E-state index is 12.3. The number of hydrogen-bond acceptors (Lipinski definition) is 18. The van der Waals surface area contributed by atoms with Crippen LogP contribution in [-0.4, -0.2) is 187 Å². The summed E-state index contributed by atoms with van der Waals surface area (Å²) in [5.74, 6) is -0.143. The van der Waals surface area contributed by atoms with Gasteiger partial charge >= 0.3 is 0 Å². The minimum Gasteiger partial charge on any atom is -0.394 e. The average Bonchev–Trinajstić information content (AvgIpc) is 3.87. The van der Waals surface area contributed by atoms with E-state index in [1.54, 1.807) is 0 Å². The number of rotatable bonds is 10. The molecule has 2 spiro atoms. The number of fused-ring (bicyclic) bond motifs is 4. The molecule has 5 unspecified atom stereocenters. The summed E-state index contributed by atoms with van der Waals surface area (Å²) in [6.07, 6.45) is -15.6. The summed E-state index contributed by atoms with van der Waals surface area (Å²) in [4.78, 5) is 0. The molecule has 18 heteroatoms. The van der Waals surface area contributed by atoms with Gasteiger partial charge in [-0.2, -0.15) is 0 Å². The van der Waals surface area contributed by atoms with Gasteiger partial charge in [-0.1, -0.05) is 39.3 Å². The molecule has 0 amide bonds. The van der Waals surface area contributed by atoms with E-state index >= 15 is 0 Å². The third-order valence-electron chi connectivity index (χ3n) is 19.3. The normalized spacial score (nSPS) is 57.4. The van der Waals surface area contributed by atoms with Gasteiger partial charge in [0.25, 0.3) is 0 Å². The van der Waals surface area contributed by atoms with E-state index in [1.807, 2.05) is 6.92 Å². The number of hydrogen-bond donors (Lipinski definition) is 10. The summed E-state index contributed by atoms with van der Waals surface area (Å²) < 4.78 is 51.1. The van der Waals surface area contributed by atoms with Crippen LogP contribution in [-0.2, 0) is 37.9 Å². The zero-order valence-electron chi connectivity index (χ0n) is 39.7. The van der Waals surface area contributed by atoms with Crippen molar-refractivity contribution in [1.82, 2.24) is 0 Å². The number of allylic oxidation sites excluding steroid dienone is 1. The molecule has 5 aliphatic heterocycles. The first-order valence-electron chi connectivity index (χ1n) is 24.5. The van der Waals surface area contributed by atoms with Crippen LogP contribution in [0.25, 0.3) is 0 Å². The van der Waals surface area contributed by atoms with Gasteiger partial charge < -0.3 is 89.0 Å². The highest BCUT2D eigenvalue weighted by Gasteiger charge is 2.82. The van der Waals surface area contributed by atoms with E-state index in [2.05, 4.69) is 47.6 Å². The maximum Gasteiger partial charge on any atom is 0.187 e. The third-order valence-corrected chi connectivity index (χ3v) is 19.3. The van der Waals surface area contributed by atoms with E-state index in [1.165, 1.54) is 12.5 Å². The van der Waals surface area contributed by atoms with Crippen LogP contribution >= 0.6 is 0 Å². The van der Waals surface area contributed by atoms with E-state index in [-0.39, 0.29) is 40.1 Å². The van der Waals surface area contributed by atoms with Gasteiger partial charge in [0.05, 0.1) is 43.7 Å². The molecule has 5 saturated heterocycles. The standard InChI is InChI=1S/C48H78O18/c1-21(2)9-12-29-46(8,58)39-23-10-11-27-44(6)15-14-28(43(4,5)26(44)13-16-45(27,7)47(23)19-48(39,66-29)59-20-47)63-42-38(65-40-35(56)33(54)30(51)22(3)60-40)37(32(53)25(18-50)62-42)64-41-36(57)34(55)31(52)24(17-49)61-41/h9,22-42,49-58H,10-20H2,1-8H3/t22-,23?,24+,25+,26?,27+,28?,29?,30-,31+,32-,33+,34-,35+,36+,37-,38+,39?,40-,41-,42-,44-,45+,46-,47-,48-/m0/s1. The molecule has 66 heavy (non-hydrogen) atoms. The molecule has 9 fully saturated rings. The second-order valence-corrected chi connectivity index (χ2v) is 23.3. The lowest BCUT2D eigenvalue weighted by Gasteiger charge is -2.70. The van der Waals surface area contributed by atoms with Crippen LogP contribution in [0.15, 0.2) is 11.6 Å². The molecule has 10 N–H and O–H groups in total. The van der Waals surface area contributed by atoms with Crippen LogP contribution in [0.5, 0.6) is 0 Å². The van der Waals surface area contributed by atoms with Crippen molar-refractivity contribution in [2.75, 3.05) is 19.8 Å². The number of ether oxygens (including phenoxy) is 8. The smallest absolute Gasteiger partial charge is 0.187 e. The predicted molar refractivity (Wildman–Crippen MR) is 229 cm³/mol. The second kappa shape index (κ2) is 17.4. The van der Waals surface area contributed by atoms with Gasteiger partial charge in [-0.3, -0.25) is 0 Å². The van der Waals surface area contributed by atoms with Gasteiger partial charge in [0, 0.05) is 17.8 Å². The zero-order chi connectivity index (χ0) is 47.8. The SMILES string of the molecule is CC(C)=CCC1O[C@]23C[C@]4(CO2)C(CC[C@@H]2[C@@]5(C)CCC(O[C@@H]6O[C@H](CO)[C@H](O)[C@H](O[C@@H]7O[C@H](CO)[C@@H](O)[C@H](O)[C@H]7O)[C@H]6O[C@@H]6O[C@@H](C)[C@H](O)[C@@H](O)[C@H]6O)C(C)(C)C5CC[C@]24C)C3[C@@]1(C)O. The average molecular weight is 943 g/mol. The largest absolute Gasteiger partial charge is 0.394 e. The molecule has 18 nitrogen and oxygen atoms in total. The van der Waals surface area contributed by atoms with Crippen molar-refractivity contribution in [1.29, 1.82) is 0 Å². The lowest BCUT2D eigenvalue weighted by molar-refractivity contribution is -0.398. The van der Waals surface area contributed by atoms with Gasteiger partial charge in [0.2, 0.25) is 0 Å². The Balaban J connectivity index is 0.986. The zero-order valence-corrected chi connectivity index (χ0v) is 39.7. The number of aliphatic hydroxyl groups excluding tert-OH is 9. The Hall–Kier alpha value is -0.980. The number of aliphatic hydroxyl groups is 10. The van der Waals surface area contributed by atoms with Gasteiger partial charge in [-0.05, 0) is 107 Å². The molecule has 4 aliphatic carbocycles. The summed E-state index contributed by atoms with van der Waals surface area (Å²) in [5, 5.41) is 109. The summed E-state index contributed by atoms with van der Waals surface area (Å²) >= 11 is 0. The molecule has 9 aliphatic rings. The first-order valence-corrected chi connectivity index (χ1v) is 24.5. The van der Waals surface area contributed by atoms with Crippen molar-refractivity contribution in [3.63, 3.8) is 0 Å². The van der Waals surface area contributed by atoms with Gasteiger partial charge in [0.15, 0.2) is 24.7 Å². The predicted octanol–water partition coefficient (Wildman–Crippen LogP) is 0.355. The first-order chi connectivity index (χ1) is 30.9. The topological polar surface area (TPSA) is 276 Å². The highest BCUT2D eigenvalue weighted by Crippen LogP contribution is 2.81. The summed E-state index contributed by atoms with van der Waals surface area (Å²) in [7, 11) is 0. The fourth-order valence-electron chi connectivity index (χ4n) is 15.9. The minimum atomic E-state index is -1.86. The van der Waals surface area contributed by atoms with Crippen LogP contribution in [0.3, 0.4) is 0 Å². The molecule has 0 aromatic heterocycles. The van der Waals surface area contributed by atoms with E-state index in [0.717, 1.165) is 38.5 Å². The molecule has 0 aromatic carbocycles. The molecule has 2 bridgehead atoms. The summed E-state index contributed by atoms with van der Waals surface area (Å²) in [6.45, 7) is 16.1. The molecule has 9 rings (SSSR count). The summed E-state index contributed by atoms with van der Waals surface area (Å²) in [6, 6.07) is 0. The van der Waals surface area contributed by atoms with E-state index in [9.17, 15) is 51.1 Å². The Morgan fingerprint density at radius 2 is 1.29 bits per heavy atom. The Morgan fingerprint density at radius 3 is 1.95 bits per heavy atom. The molecule has 4 saturated carbocycles. The second-order valence-electron chi connectivity index (χ2n) is 23.3. The Kier molecular flexibility index (Phi) is 13.1. The van der Waals surface area contributed by atoms with E-state index in [4.69, 9.17) is 37.9 Å². The molecule has 5 heterocycles. The van der Waals surface area contributed by atoms with Crippen LogP contribution in [0.2, 0.25) is 0 Å². The lowest BCUT2D eigenvalue weighted by Crippen LogP contribution is -2.68. The van der Waals surface area contributed by atoms with Crippen LogP contribution in [0.4, 0.5) is 0 Å². The van der Waals surface area contributed by atoms with E-state index in [0.29, 0.717) is 25.4 Å². The molecule has 0 radical (unpaired) electrons. The summed E-state index contributed by atoms with van der Waals surface area (Å²) in [5.41, 5.74) is -0.692. The van der Waals surface area contributed by atoms with Crippen LogP contribution < -0.4 is 0 Å². The minimum absolute atomic E-state index is 0.0887. The fraction of sp³-hybridized carbons (Fsp3) is 0.958. The van der Waals surface area contributed by atoms with Gasteiger partial charge in [-0.15, -0.1) is 0 Å². The van der Waals surface area contributed by atoms with Crippen LogP contribution in [0, 0.1) is 45.3 Å². The van der Waals surface area contributed by atoms with Crippen molar-refractivity contribution in [3.05, 3.63) is 11.6 Å². The maximum atomic E-state index is 12.3. The molecule has 26 atom stereocenters. The quantitative estimate of drug-likeness (QED) is 0.105. The van der Waals surface area contributed by atoms with Crippen molar-refractivity contribution in [2.24, 2.45) is 45.3 Å². The highest BCUT2D eigenvalue weighted by molar-refractivity contribution is 5.28. The highest BCUT2D eigenvalue weighted by atomic mass is 16.8. The van der Waals surface area contributed by atoms with Crippen LogP contribution in [0.1, 0.15) is 107 Å². The Bertz CT molecular complexity index is 1790. The Labute approximate surface area is 387 Å². The monoisotopic (exact) mass is 943 g/mol. The van der Waals surface area contributed by atoms with Gasteiger partial charge in [-0.25, -0.2) is 0 Å². The molecule has 378 valence electrons. The van der Waals surface area contributed by atoms with Crippen molar-refractivity contribution >= 4 is 0 Å². The third kappa shape index (κ3) is 7.32. The molecule has 0 aromatic rings. The Morgan fingerprint density at radius 1 is 0.667 bits per heavy atom. The van der Waals surface area contributed by atoms with Crippen molar-refractivity contribution in [2.45, 2.75) is 222 Å². The first kappa shape index (κ1) is 50.0. The van der Waals surface area contributed by atoms with E-state index < -0.39 is 128 Å². The molecular weight excluding hydrogens is 865 g/mol. The molecular formula is C48H78O18. The van der Waals surface area contributed by atoms with Crippen molar-refractivity contribution in [3.8, 4) is 0 Å². The fourth-order valence-corrected chi connectivity index (χ4v) is 15.9. The van der Waals surface area contributed by atoms with Crippen molar-refractivity contribution < 1.29 is 89.0 Å². The lowest BCUT2D eigenvalue weighted by atomic mass is 9.35.